The molecule has 0 fully saturated rings. The summed E-state index contributed by atoms with van der Waals surface area (Å²) in [6.07, 6.45) is 8.32. The van der Waals surface area contributed by atoms with Crippen molar-refractivity contribution in [2.75, 3.05) is 6.61 Å². The molecule has 0 spiro atoms. The molecule has 0 atom stereocenters. The smallest absolute Gasteiger partial charge is 0.213 e. The van der Waals surface area contributed by atoms with E-state index in [9.17, 15) is 9.90 Å². The SMILES string of the molecule is C#CCOc1ccccc1/C=C(\Sc1n[nH]c(CCC)n1)C(=O)[O-]. The van der Waals surface area contributed by atoms with Crippen LogP contribution in [0.1, 0.15) is 24.7 Å². The number of aryl methyl sites for hydroxylation is 1. The molecule has 0 aliphatic carbocycles. The molecule has 0 amide bonds. The number of carboxylic acids is 1. The maximum absolute atomic E-state index is 11.4. The van der Waals surface area contributed by atoms with Crippen LogP contribution >= 0.6 is 11.8 Å². The summed E-state index contributed by atoms with van der Waals surface area (Å²) in [6, 6.07) is 7.00. The molecule has 2 aromatic rings. The van der Waals surface area contributed by atoms with Crippen molar-refractivity contribution in [3.63, 3.8) is 0 Å². The summed E-state index contributed by atoms with van der Waals surface area (Å²) in [5, 5.41) is 18.5. The highest BCUT2D eigenvalue weighted by atomic mass is 32.2. The first-order valence-electron chi connectivity index (χ1n) is 7.31. The zero-order chi connectivity index (χ0) is 17.4. The van der Waals surface area contributed by atoms with Gasteiger partial charge in [0.1, 0.15) is 18.2 Å². The Bertz CT molecular complexity index is 777. The molecule has 124 valence electrons. The van der Waals surface area contributed by atoms with Crippen LogP contribution in [-0.2, 0) is 11.2 Å². The van der Waals surface area contributed by atoms with Crippen molar-refractivity contribution in [2.24, 2.45) is 0 Å². The standard InChI is InChI=1S/C17H17N3O3S/c1-3-7-15-18-17(20-19-15)24-14(16(21)22)11-12-8-5-6-9-13(12)23-10-4-2/h2,5-6,8-9,11H,3,7,10H2,1H3,(H,21,22)(H,18,19,20)/p-1/b14-11-. The van der Waals surface area contributed by atoms with Crippen molar-refractivity contribution in [1.29, 1.82) is 0 Å². The monoisotopic (exact) mass is 342 g/mol. The third-order valence-electron chi connectivity index (χ3n) is 2.92. The quantitative estimate of drug-likeness (QED) is 0.446. The molecule has 0 bridgehead atoms. The van der Waals surface area contributed by atoms with Crippen molar-refractivity contribution < 1.29 is 14.6 Å². The molecule has 7 heteroatoms. The van der Waals surface area contributed by atoms with Gasteiger partial charge < -0.3 is 14.6 Å². The number of carboxylic acid groups (broad SMARTS) is 1. The molecular weight excluding hydrogens is 326 g/mol. The Morgan fingerprint density at radius 3 is 3.00 bits per heavy atom. The van der Waals surface area contributed by atoms with Gasteiger partial charge in [-0.3, -0.25) is 5.10 Å². The minimum Gasteiger partial charge on any atom is -0.544 e. The number of nitrogens with one attached hydrogen (secondary N) is 1. The van der Waals surface area contributed by atoms with Crippen LogP contribution in [-0.4, -0.2) is 27.8 Å². The van der Waals surface area contributed by atoms with Gasteiger partial charge in [0.2, 0.25) is 5.16 Å². The fourth-order valence-corrected chi connectivity index (χ4v) is 2.61. The third kappa shape index (κ3) is 4.89. The molecule has 1 N–H and O–H groups in total. The number of hydrogen-bond donors (Lipinski definition) is 1. The first-order valence-corrected chi connectivity index (χ1v) is 8.13. The summed E-state index contributed by atoms with van der Waals surface area (Å²) < 4.78 is 5.41. The number of carbonyl (C=O) groups is 1. The first kappa shape index (κ1) is 17.6. The second-order valence-corrected chi connectivity index (χ2v) is 5.75. The number of hydrogen-bond acceptors (Lipinski definition) is 6. The normalized spacial score (nSPS) is 11.1. The maximum Gasteiger partial charge on any atom is 0.213 e. The van der Waals surface area contributed by atoms with Crippen LogP contribution in [0, 0.1) is 12.3 Å². The Kier molecular flexibility index (Phi) is 6.46. The number of H-pyrrole nitrogens is 1. The summed E-state index contributed by atoms with van der Waals surface area (Å²) in [4.78, 5) is 15.6. The molecule has 1 aromatic heterocycles. The number of rotatable bonds is 8. The number of aromatic amines is 1. The van der Waals surface area contributed by atoms with E-state index < -0.39 is 5.97 Å². The van der Waals surface area contributed by atoms with Crippen LogP contribution < -0.4 is 9.84 Å². The summed E-state index contributed by atoms with van der Waals surface area (Å²) in [5.74, 6) is 2.28. The molecule has 6 nitrogen and oxygen atoms in total. The van der Waals surface area contributed by atoms with Gasteiger partial charge in [-0.25, -0.2) is 4.98 Å². The van der Waals surface area contributed by atoms with E-state index in [1.165, 1.54) is 6.08 Å². The van der Waals surface area contributed by atoms with E-state index >= 15 is 0 Å². The van der Waals surface area contributed by atoms with E-state index in [4.69, 9.17) is 11.2 Å². The molecule has 24 heavy (non-hydrogen) atoms. The predicted octanol–water partition coefficient (Wildman–Crippen LogP) is 1.65. The molecular formula is C17H16N3O3S-. The van der Waals surface area contributed by atoms with E-state index in [0.717, 1.165) is 30.4 Å². The summed E-state index contributed by atoms with van der Waals surface area (Å²) in [5.41, 5.74) is 0.587. The zero-order valence-electron chi connectivity index (χ0n) is 13.1. The number of terminal acetylenes is 1. The minimum atomic E-state index is -1.31. The minimum absolute atomic E-state index is 0.0196. The van der Waals surface area contributed by atoms with Crippen LogP contribution in [0.5, 0.6) is 5.75 Å². The van der Waals surface area contributed by atoms with Crippen LogP contribution in [0.3, 0.4) is 0 Å². The number of benzene rings is 1. The van der Waals surface area contributed by atoms with Gasteiger partial charge in [0.05, 0.1) is 5.97 Å². The average Bonchev–Trinajstić information content (AvgIpc) is 3.01. The van der Waals surface area contributed by atoms with Gasteiger partial charge in [0.15, 0.2) is 0 Å². The van der Waals surface area contributed by atoms with Gasteiger partial charge in [-0.2, -0.15) is 0 Å². The maximum atomic E-state index is 11.4. The zero-order valence-corrected chi connectivity index (χ0v) is 13.9. The summed E-state index contributed by atoms with van der Waals surface area (Å²) in [6.45, 7) is 2.12. The average molecular weight is 342 g/mol. The van der Waals surface area contributed by atoms with Gasteiger partial charge in [-0.05, 0) is 30.3 Å². The lowest BCUT2D eigenvalue weighted by Crippen LogP contribution is -2.23. The third-order valence-corrected chi connectivity index (χ3v) is 3.79. The topological polar surface area (TPSA) is 90.9 Å². The molecule has 1 aromatic carbocycles. The molecule has 0 radical (unpaired) electrons. The Balaban J connectivity index is 2.25. The summed E-state index contributed by atoms with van der Waals surface area (Å²) in [7, 11) is 0. The number of carbonyl (C=O) groups excluding carboxylic acids is 1. The number of thioether (sulfide) groups is 1. The van der Waals surface area contributed by atoms with Crippen molar-refractivity contribution in [1.82, 2.24) is 15.2 Å². The van der Waals surface area contributed by atoms with E-state index in [1.807, 2.05) is 6.92 Å². The molecule has 0 unspecified atom stereocenters. The number of ether oxygens (including phenoxy) is 1. The van der Waals surface area contributed by atoms with Crippen molar-refractivity contribution in [3.8, 4) is 18.1 Å². The van der Waals surface area contributed by atoms with Gasteiger partial charge in [0, 0.05) is 16.9 Å². The van der Waals surface area contributed by atoms with Crippen LogP contribution in [0.25, 0.3) is 6.08 Å². The fraction of sp³-hybridized carbons (Fsp3) is 0.235. The van der Waals surface area contributed by atoms with E-state index in [1.54, 1.807) is 24.3 Å². The molecule has 0 aliphatic heterocycles. The number of aliphatic carboxylic acids is 1. The van der Waals surface area contributed by atoms with Crippen molar-refractivity contribution in [2.45, 2.75) is 24.9 Å². The Hall–Kier alpha value is -2.72. The van der Waals surface area contributed by atoms with Gasteiger partial charge in [-0.15, -0.1) is 11.5 Å². The highest BCUT2D eigenvalue weighted by Gasteiger charge is 2.10. The highest BCUT2D eigenvalue weighted by Crippen LogP contribution is 2.28. The highest BCUT2D eigenvalue weighted by molar-refractivity contribution is 8.04. The lowest BCUT2D eigenvalue weighted by Gasteiger charge is -2.09. The molecule has 0 saturated heterocycles. The Morgan fingerprint density at radius 1 is 1.50 bits per heavy atom. The molecule has 0 saturated carbocycles. The molecule has 2 rings (SSSR count). The second kappa shape index (κ2) is 8.79. The Morgan fingerprint density at radius 2 is 2.29 bits per heavy atom. The number of aromatic nitrogens is 3. The number of para-hydroxylation sites is 1. The second-order valence-electron chi connectivity index (χ2n) is 4.74. The van der Waals surface area contributed by atoms with E-state index in [-0.39, 0.29) is 11.5 Å². The largest absolute Gasteiger partial charge is 0.544 e. The van der Waals surface area contributed by atoms with Crippen molar-refractivity contribution in [3.05, 3.63) is 40.6 Å². The molecule has 0 aliphatic rings. The Labute approximate surface area is 144 Å². The van der Waals surface area contributed by atoms with E-state index in [2.05, 4.69) is 21.1 Å². The van der Waals surface area contributed by atoms with Crippen LogP contribution in [0.15, 0.2) is 34.3 Å². The first-order chi connectivity index (χ1) is 11.6. The van der Waals surface area contributed by atoms with Crippen LogP contribution in [0.2, 0.25) is 0 Å². The fourth-order valence-electron chi connectivity index (χ4n) is 1.89. The van der Waals surface area contributed by atoms with Gasteiger partial charge >= 0.3 is 0 Å². The number of nitrogens with zero attached hydrogens (tertiary/aromatic N) is 2. The lowest BCUT2D eigenvalue weighted by molar-refractivity contribution is -0.297. The predicted molar refractivity (Wildman–Crippen MR) is 90.0 cm³/mol. The molecule has 1 heterocycles. The lowest BCUT2D eigenvalue weighted by atomic mass is 10.2. The van der Waals surface area contributed by atoms with Crippen molar-refractivity contribution >= 4 is 23.8 Å². The van der Waals surface area contributed by atoms with Crippen LogP contribution in [0.4, 0.5) is 0 Å². The van der Waals surface area contributed by atoms with Gasteiger partial charge in [0.25, 0.3) is 0 Å². The van der Waals surface area contributed by atoms with Gasteiger partial charge in [-0.1, -0.05) is 31.0 Å². The van der Waals surface area contributed by atoms with E-state index in [0.29, 0.717) is 16.5 Å². The summed E-state index contributed by atoms with van der Waals surface area (Å²) >= 11 is 0.921.